The third-order valence-electron chi connectivity index (χ3n) is 3.79. The van der Waals surface area contributed by atoms with E-state index < -0.39 is 0 Å². The van der Waals surface area contributed by atoms with E-state index in [0.29, 0.717) is 11.3 Å². The first kappa shape index (κ1) is 16.0. The monoisotopic (exact) mass is 308 g/mol. The molecular weight excluding hydrogens is 284 g/mol. The molecule has 5 heteroatoms. The van der Waals surface area contributed by atoms with Crippen LogP contribution in [-0.2, 0) is 17.6 Å². The van der Waals surface area contributed by atoms with E-state index in [-0.39, 0.29) is 11.8 Å². The predicted octanol–water partition coefficient (Wildman–Crippen LogP) is 3.36. The Kier molecular flexibility index (Phi) is 6.23. The maximum Gasteiger partial charge on any atom is 0.279 e. The van der Waals surface area contributed by atoms with Crippen molar-refractivity contribution in [2.24, 2.45) is 0 Å². The SMILES string of the molecule is CCCCCC(=O)NNC(=O)c1cc2c(s1)CCCCC2. The number of nitrogens with one attached hydrogen (secondary N) is 2. The van der Waals surface area contributed by atoms with Gasteiger partial charge in [-0.1, -0.05) is 26.2 Å². The number of carbonyl (C=O) groups excluding carboxylic acids is 2. The Bertz CT molecular complexity index is 473. The maximum atomic E-state index is 12.1. The molecule has 0 atom stereocenters. The second kappa shape index (κ2) is 8.17. The third-order valence-corrected chi connectivity index (χ3v) is 5.03. The number of aryl methyl sites for hydroxylation is 2. The quantitative estimate of drug-likeness (QED) is 0.498. The number of hydrazine groups is 1. The van der Waals surface area contributed by atoms with E-state index in [9.17, 15) is 9.59 Å². The predicted molar refractivity (Wildman–Crippen MR) is 85.3 cm³/mol. The zero-order valence-corrected chi connectivity index (χ0v) is 13.5. The topological polar surface area (TPSA) is 58.2 Å². The summed E-state index contributed by atoms with van der Waals surface area (Å²) in [5.41, 5.74) is 6.34. The van der Waals surface area contributed by atoms with Crippen molar-refractivity contribution in [1.82, 2.24) is 10.9 Å². The van der Waals surface area contributed by atoms with Gasteiger partial charge in [0, 0.05) is 11.3 Å². The summed E-state index contributed by atoms with van der Waals surface area (Å²) in [4.78, 5) is 25.7. The lowest BCUT2D eigenvalue weighted by Gasteiger charge is -2.05. The molecule has 1 aromatic heterocycles. The molecule has 0 saturated heterocycles. The average molecular weight is 308 g/mol. The Morgan fingerprint density at radius 1 is 1.14 bits per heavy atom. The number of amides is 2. The van der Waals surface area contributed by atoms with E-state index in [1.165, 1.54) is 29.7 Å². The van der Waals surface area contributed by atoms with E-state index in [4.69, 9.17) is 0 Å². The summed E-state index contributed by atoms with van der Waals surface area (Å²) in [6.07, 6.45) is 9.30. The second-order valence-corrected chi connectivity index (χ2v) is 6.72. The van der Waals surface area contributed by atoms with Gasteiger partial charge in [-0.15, -0.1) is 11.3 Å². The van der Waals surface area contributed by atoms with E-state index in [2.05, 4.69) is 17.8 Å². The molecular formula is C16H24N2O2S. The fourth-order valence-electron chi connectivity index (χ4n) is 2.57. The summed E-state index contributed by atoms with van der Waals surface area (Å²) in [5.74, 6) is -0.313. The van der Waals surface area contributed by atoms with Crippen molar-refractivity contribution in [3.63, 3.8) is 0 Å². The molecule has 2 rings (SSSR count). The third kappa shape index (κ3) is 4.84. The van der Waals surface area contributed by atoms with Crippen LogP contribution < -0.4 is 10.9 Å². The molecule has 0 saturated carbocycles. The van der Waals surface area contributed by atoms with Gasteiger partial charge in [0.05, 0.1) is 4.88 Å². The van der Waals surface area contributed by atoms with E-state index in [1.807, 2.05) is 6.07 Å². The lowest BCUT2D eigenvalue weighted by molar-refractivity contribution is -0.121. The minimum atomic E-state index is -0.197. The lowest BCUT2D eigenvalue weighted by Crippen LogP contribution is -2.41. The van der Waals surface area contributed by atoms with Crippen molar-refractivity contribution in [2.75, 3.05) is 0 Å². The van der Waals surface area contributed by atoms with Crippen LogP contribution in [0.15, 0.2) is 6.07 Å². The van der Waals surface area contributed by atoms with Crippen molar-refractivity contribution in [3.8, 4) is 0 Å². The molecule has 0 unspecified atom stereocenters. The summed E-state index contributed by atoms with van der Waals surface area (Å²) in [6.45, 7) is 2.10. The summed E-state index contributed by atoms with van der Waals surface area (Å²) >= 11 is 1.57. The standard InChI is InChI=1S/C16H24N2O2S/c1-2-3-5-10-15(19)17-18-16(20)14-11-12-8-6-4-7-9-13(12)21-14/h11H,2-10H2,1H3,(H,17,19)(H,18,20). The Labute approximate surface area is 130 Å². The lowest BCUT2D eigenvalue weighted by atomic mass is 10.1. The molecule has 1 aliphatic rings. The van der Waals surface area contributed by atoms with Crippen LogP contribution in [-0.4, -0.2) is 11.8 Å². The highest BCUT2D eigenvalue weighted by atomic mass is 32.1. The Morgan fingerprint density at radius 3 is 2.76 bits per heavy atom. The van der Waals surface area contributed by atoms with Crippen molar-refractivity contribution >= 4 is 23.2 Å². The zero-order valence-electron chi connectivity index (χ0n) is 12.7. The number of hydrogen-bond acceptors (Lipinski definition) is 3. The van der Waals surface area contributed by atoms with Crippen LogP contribution in [0, 0.1) is 0 Å². The molecule has 2 N–H and O–H groups in total. The molecule has 21 heavy (non-hydrogen) atoms. The van der Waals surface area contributed by atoms with E-state index in [0.717, 1.165) is 32.1 Å². The first-order chi connectivity index (χ1) is 10.2. The number of unbranched alkanes of at least 4 members (excludes halogenated alkanes) is 2. The van der Waals surface area contributed by atoms with Crippen LogP contribution in [0.2, 0.25) is 0 Å². The summed E-state index contributed by atoms with van der Waals surface area (Å²) in [5, 5.41) is 0. The number of rotatable bonds is 5. The van der Waals surface area contributed by atoms with Gasteiger partial charge in [-0.3, -0.25) is 20.4 Å². The molecule has 1 aliphatic carbocycles. The molecule has 2 amide bonds. The molecule has 0 fully saturated rings. The molecule has 1 aromatic rings. The van der Waals surface area contributed by atoms with Gasteiger partial charge in [-0.05, 0) is 43.7 Å². The minimum Gasteiger partial charge on any atom is -0.273 e. The summed E-state index contributed by atoms with van der Waals surface area (Å²) < 4.78 is 0. The minimum absolute atomic E-state index is 0.116. The first-order valence-electron chi connectivity index (χ1n) is 7.91. The molecule has 0 aromatic carbocycles. The fourth-order valence-corrected chi connectivity index (χ4v) is 3.71. The average Bonchev–Trinajstić information content (AvgIpc) is 2.76. The highest BCUT2D eigenvalue weighted by molar-refractivity contribution is 7.14. The number of hydrogen-bond donors (Lipinski definition) is 2. The van der Waals surface area contributed by atoms with E-state index in [1.54, 1.807) is 11.3 Å². The number of carbonyl (C=O) groups is 2. The van der Waals surface area contributed by atoms with Crippen LogP contribution in [0.25, 0.3) is 0 Å². The Morgan fingerprint density at radius 2 is 1.95 bits per heavy atom. The highest BCUT2D eigenvalue weighted by Gasteiger charge is 2.16. The zero-order chi connectivity index (χ0) is 15.1. The van der Waals surface area contributed by atoms with Gasteiger partial charge in [0.1, 0.15) is 0 Å². The van der Waals surface area contributed by atoms with Crippen molar-refractivity contribution < 1.29 is 9.59 Å². The molecule has 0 spiro atoms. The van der Waals surface area contributed by atoms with Crippen LogP contribution >= 0.6 is 11.3 Å². The maximum absolute atomic E-state index is 12.1. The van der Waals surface area contributed by atoms with Gasteiger partial charge in [-0.25, -0.2) is 0 Å². The molecule has 1 heterocycles. The number of fused-ring (bicyclic) bond motifs is 1. The van der Waals surface area contributed by atoms with Gasteiger partial charge in [-0.2, -0.15) is 0 Å². The molecule has 0 bridgehead atoms. The van der Waals surface area contributed by atoms with E-state index >= 15 is 0 Å². The van der Waals surface area contributed by atoms with Crippen molar-refractivity contribution in [1.29, 1.82) is 0 Å². The van der Waals surface area contributed by atoms with Crippen molar-refractivity contribution in [2.45, 2.75) is 64.7 Å². The Hall–Kier alpha value is -1.36. The summed E-state index contributed by atoms with van der Waals surface area (Å²) in [7, 11) is 0. The normalized spacial score (nSPS) is 14.1. The second-order valence-electron chi connectivity index (χ2n) is 5.58. The largest absolute Gasteiger partial charge is 0.279 e. The molecule has 0 radical (unpaired) electrons. The van der Waals surface area contributed by atoms with Crippen LogP contribution in [0.5, 0.6) is 0 Å². The first-order valence-corrected chi connectivity index (χ1v) is 8.73. The highest BCUT2D eigenvalue weighted by Crippen LogP contribution is 2.28. The van der Waals surface area contributed by atoms with Gasteiger partial charge in [0.15, 0.2) is 0 Å². The number of thiophene rings is 1. The van der Waals surface area contributed by atoms with Crippen molar-refractivity contribution in [3.05, 3.63) is 21.4 Å². The Balaban J connectivity index is 1.82. The van der Waals surface area contributed by atoms with Gasteiger partial charge >= 0.3 is 0 Å². The van der Waals surface area contributed by atoms with Crippen LogP contribution in [0.1, 0.15) is 72.0 Å². The fraction of sp³-hybridized carbons (Fsp3) is 0.625. The molecule has 116 valence electrons. The molecule has 0 aliphatic heterocycles. The molecule has 4 nitrogen and oxygen atoms in total. The van der Waals surface area contributed by atoms with Gasteiger partial charge in [0.25, 0.3) is 5.91 Å². The summed E-state index contributed by atoms with van der Waals surface area (Å²) in [6, 6.07) is 1.99. The van der Waals surface area contributed by atoms with Crippen LogP contribution in [0.4, 0.5) is 0 Å². The van der Waals surface area contributed by atoms with Gasteiger partial charge in [0.2, 0.25) is 5.91 Å². The van der Waals surface area contributed by atoms with Gasteiger partial charge < -0.3 is 0 Å². The smallest absolute Gasteiger partial charge is 0.273 e. The van der Waals surface area contributed by atoms with Crippen LogP contribution in [0.3, 0.4) is 0 Å².